The number of carbonyl (C=O) groups excluding carboxylic acids is 2. The lowest BCUT2D eigenvalue weighted by Crippen LogP contribution is -2.56. The van der Waals surface area contributed by atoms with Gasteiger partial charge in [-0.25, -0.2) is 4.39 Å². The lowest BCUT2D eigenvalue weighted by atomic mass is 9.81. The van der Waals surface area contributed by atoms with Crippen molar-refractivity contribution in [2.75, 3.05) is 19.0 Å². The van der Waals surface area contributed by atoms with Gasteiger partial charge in [0.2, 0.25) is 0 Å². The van der Waals surface area contributed by atoms with Gasteiger partial charge >= 0.3 is 5.97 Å². The van der Waals surface area contributed by atoms with Crippen LogP contribution in [-0.4, -0.2) is 48.2 Å². The number of nitrogens with zero attached hydrogens (tertiary/aromatic N) is 1. The van der Waals surface area contributed by atoms with Crippen LogP contribution >= 0.6 is 11.6 Å². The number of halogens is 2. The summed E-state index contributed by atoms with van der Waals surface area (Å²) in [5, 5.41) is 3.32. The first-order valence-electron chi connectivity index (χ1n) is 10.5. The van der Waals surface area contributed by atoms with Gasteiger partial charge in [-0.3, -0.25) is 14.5 Å². The van der Waals surface area contributed by atoms with Crippen LogP contribution in [0.2, 0.25) is 5.02 Å². The van der Waals surface area contributed by atoms with E-state index in [1.807, 2.05) is 0 Å². The molecule has 0 aromatic heterocycles. The van der Waals surface area contributed by atoms with Gasteiger partial charge in [-0.15, -0.1) is 0 Å². The lowest BCUT2D eigenvalue weighted by Gasteiger charge is -2.41. The quantitative estimate of drug-likeness (QED) is 0.689. The minimum absolute atomic E-state index is 0.0744. The molecule has 1 saturated heterocycles. The summed E-state index contributed by atoms with van der Waals surface area (Å²) in [6.07, 6.45) is -1.38. The van der Waals surface area contributed by atoms with Crippen LogP contribution in [0.5, 0.6) is 5.75 Å². The molecule has 0 saturated carbocycles. The van der Waals surface area contributed by atoms with E-state index >= 15 is 0 Å². The molecule has 0 bridgehead atoms. The zero-order valence-corrected chi connectivity index (χ0v) is 19.2. The van der Waals surface area contributed by atoms with E-state index in [1.54, 1.807) is 68.1 Å². The van der Waals surface area contributed by atoms with Crippen LogP contribution in [0.4, 0.5) is 10.1 Å². The van der Waals surface area contributed by atoms with E-state index in [2.05, 4.69) is 5.32 Å². The van der Waals surface area contributed by atoms with E-state index in [-0.39, 0.29) is 13.0 Å². The summed E-state index contributed by atoms with van der Waals surface area (Å²) in [5.41, 5.74) is -0.676. The second-order valence-electron chi connectivity index (χ2n) is 9.09. The molecule has 2 unspecified atom stereocenters. The van der Waals surface area contributed by atoms with Crippen LogP contribution in [0, 0.1) is 0 Å². The van der Waals surface area contributed by atoms with Crippen LogP contribution in [0.3, 0.4) is 0 Å². The van der Waals surface area contributed by atoms with Crippen molar-refractivity contribution in [1.82, 2.24) is 4.90 Å². The molecule has 0 spiro atoms. The van der Waals surface area contributed by atoms with Gasteiger partial charge in [0.15, 0.2) is 5.54 Å². The van der Waals surface area contributed by atoms with Crippen LogP contribution < -0.4 is 10.1 Å². The fourth-order valence-electron chi connectivity index (χ4n) is 4.66. The van der Waals surface area contributed by atoms with Crippen molar-refractivity contribution >= 4 is 29.2 Å². The highest BCUT2D eigenvalue weighted by Crippen LogP contribution is 2.51. The predicted octanol–water partition coefficient (Wildman–Crippen LogP) is 4.30. The molecule has 2 aromatic carbocycles. The maximum atomic E-state index is 14.9. The standard InChI is InChI=1S/C24H26ClFN2O4/c1-23(2,3)32-21(29)19-12-15(26)13-28(19)24(16-7-5-6-8-20(16)31-4)17-11-14(25)9-10-18(17)27-22(24)30/h5-11,15,19H,12-13H2,1-4H3,(H,27,30)/t15?,19-,24?/m0/s1. The molecular weight excluding hydrogens is 435 g/mol. The van der Waals surface area contributed by atoms with Gasteiger partial charge < -0.3 is 14.8 Å². The average Bonchev–Trinajstić information content (AvgIpc) is 3.24. The van der Waals surface area contributed by atoms with Gasteiger partial charge in [0.05, 0.1) is 7.11 Å². The molecule has 3 atom stereocenters. The summed E-state index contributed by atoms with van der Waals surface area (Å²) in [4.78, 5) is 28.5. The number of fused-ring (bicyclic) bond motifs is 1. The molecule has 170 valence electrons. The number of hydrogen-bond acceptors (Lipinski definition) is 5. The van der Waals surface area contributed by atoms with Crippen molar-refractivity contribution in [3.63, 3.8) is 0 Å². The third-order valence-electron chi connectivity index (χ3n) is 5.80. The number of likely N-dealkylation sites (tertiary alicyclic amines) is 1. The highest BCUT2D eigenvalue weighted by atomic mass is 35.5. The van der Waals surface area contributed by atoms with E-state index in [9.17, 15) is 14.0 Å². The summed E-state index contributed by atoms with van der Waals surface area (Å²) in [6, 6.07) is 11.1. The number of benzene rings is 2. The zero-order chi connectivity index (χ0) is 23.3. The third-order valence-corrected chi connectivity index (χ3v) is 6.04. The fourth-order valence-corrected chi connectivity index (χ4v) is 4.83. The molecule has 2 aromatic rings. The Kier molecular flexibility index (Phi) is 5.67. The van der Waals surface area contributed by atoms with Gasteiger partial charge in [0.1, 0.15) is 23.6 Å². The number of esters is 1. The lowest BCUT2D eigenvalue weighted by molar-refractivity contribution is -0.162. The topological polar surface area (TPSA) is 67.9 Å². The molecule has 0 aliphatic carbocycles. The van der Waals surface area contributed by atoms with E-state index in [1.165, 1.54) is 7.11 Å². The maximum absolute atomic E-state index is 14.9. The molecule has 1 N–H and O–H groups in total. The van der Waals surface area contributed by atoms with Crippen molar-refractivity contribution in [2.45, 2.75) is 50.5 Å². The SMILES string of the molecule is COc1ccccc1C1(N2CC(F)C[C@H]2C(=O)OC(C)(C)C)C(=O)Nc2ccc(Cl)cc21. The fraction of sp³-hybridized carbons (Fsp3) is 0.417. The number of anilines is 1. The second kappa shape index (κ2) is 8.05. The van der Waals surface area contributed by atoms with Crippen molar-refractivity contribution < 1.29 is 23.5 Å². The van der Waals surface area contributed by atoms with Crippen LogP contribution in [0.15, 0.2) is 42.5 Å². The van der Waals surface area contributed by atoms with E-state index < -0.39 is 35.2 Å². The average molecular weight is 461 g/mol. The van der Waals surface area contributed by atoms with Gasteiger partial charge in [0, 0.05) is 34.8 Å². The van der Waals surface area contributed by atoms with Crippen molar-refractivity contribution in [2.24, 2.45) is 0 Å². The summed E-state index contributed by atoms with van der Waals surface area (Å²) in [7, 11) is 1.51. The summed E-state index contributed by atoms with van der Waals surface area (Å²) in [5.74, 6) is -0.530. The Bertz CT molecular complexity index is 1070. The number of ether oxygens (including phenoxy) is 2. The Balaban J connectivity index is 1.97. The zero-order valence-electron chi connectivity index (χ0n) is 18.4. The summed E-state index contributed by atoms with van der Waals surface area (Å²) >= 11 is 6.33. The first kappa shape index (κ1) is 22.6. The maximum Gasteiger partial charge on any atom is 0.324 e. The van der Waals surface area contributed by atoms with Crippen molar-refractivity contribution in [1.29, 1.82) is 0 Å². The van der Waals surface area contributed by atoms with Gasteiger partial charge in [-0.05, 0) is 45.0 Å². The number of amides is 1. The van der Waals surface area contributed by atoms with Crippen LogP contribution in [-0.2, 0) is 19.9 Å². The molecule has 4 rings (SSSR count). The Morgan fingerprint density at radius 2 is 1.94 bits per heavy atom. The number of alkyl halides is 1. The van der Waals surface area contributed by atoms with E-state index in [4.69, 9.17) is 21.1 Å². The summed E-state index contributed by atoms with van der Waals surface area (Å²) in [6.45, 7) is 5.14. The van der Waals surface area contributed by atoms with Crippen LogP contribution in [0.25, 0.3) is 0 Å². The van der Waals surface area contributed by atoms with Crippen LogP contribution in [0.1, 0.15) is 38.3 Å². The number of hydrogen-bond donors (Lipinski definition) is 1. The summed E-state index contributed by atoms with van der Waals surface area (Å²) < 4.78 is 26.1. The van der Waals surface area contributed by atoms with Gasteiger partial charge in [0.25, 0.3) is 5.91 Å². The number of methoxy groups -OCH3 is 1. The molecule has 2 aliphatic rings. The highest BCUT2D eigenvalue weighted by Gasteiger charge is 2.60. The normalized spacial score (nSPS) is 25.4. The number of nitrogens with one attached hydrogen (secondary N) is 1. The Morgan fingerprint density at radius 1 is 1.22 bits per heavy atom. The minimum atomic E-state index is -1.52. The first-order chi connectivity index (χ1) is 15.1. The smallest absolute Gasteiger partial charge is 0.324 e. The molecule has 1 amide bonds. The largest absolute Gasteiger partial charge is 0.496 e. The second-order valence-corrected chi connectivity index (χ2v) is 9.53. The van der Waals surface area contributed by atoms with Gasteiger partial charge in [-0.2, -0.15) is 0 Å². The highest BCUT2D eigenvalue weighted by molar-refractivity contribution is 6.31. The minimum Gasteiger partial charge on any atom is -0.496 e. The molecule has 0 radical (unpaired) electrons. The Labute approximate surface area is 191 Å². The van der Waals surface area contributed by atoms with E-state index in [0.29, 0.717) is 27.6 Å². The number of rotatable bonds is 4. The molecule has 6 nitrogen and oxygen atoms in total. The number of carbonyl (C=O) groups is 2. The molecule has 8 heteroatoms. The monoisotopic (exact) mass is 460 g/mol. The van der Waals surface area contributed by atoms with Crippen molar-refractivity contribution in [3.8, 4) is 5.75 Å². The van der Waals surface area contributed by atoms with Gasteiger partial charge in [-0.1, -0.05) is 29.8 Å². The number of para-hydroxylation sites is 1. The third kappa shape index (κ3) is 3.63. The first-order valence-corrected chi connectivity index (χ1v) is 10.8. The molecule has 2 aliphatic heterocycles. The molecule has 2 heterocycles. The molecule has 32 heavy (non-hydrogen) atoms. The predicted molar refractivity (Wildman–Crippen MR) is 120 cm³/mol. The molecule has 1 fully saturated rings. The molecular formula is C24H26ClFN2O4. The van der Waals surface area contributed by atoms with E-state index in [0.717, 1.165) is 0 Å². The van der Waals surface area contributed by atoms with Crippen molar-refractivity contribution in [3.05, 3.63) is 58.6 Å². The Hall–Kier alpha value is -2.64. The Morgan fingerprint density at radius 3 is 2.62 bits per heavy atom.